The number of ether oxygens (including phenoxy) is 2. The molecule has 0 aliphatic carbocycles. The molecule has 2 atom stereocenters. The summed E-state index contributed by atoms with van der Waals surface area (Å²) in [5.74, 6) is -3.11. The number of hydrogen-bond acceptors (Lipinski definition) is 4. The summed E-state index contributed by atoms with van der Waals surface area (Å²) in [6.45, 7) is 0.537. The van der Waals surface area contributed by atoms with Gasteiger partial charge in [-0.2, -0.15) is 0 Å². The van der Waals surface area contributed by atoms with Crippen LogP contribution in [0.15, 0.2) is 24.3 Å². The van der Waals surface area contributed by atoms with E-state index in [-0.39, 0.29) is 12.5 Å². The van der Waals surface area contributed by atoms with E-state index in [4.69, 9.17) is 9.84 Å². The first-order chi connectivity index (χ1) is 9.13. The second kappa shape index (κ2) is 5.84. The molecule has 2 unspecified atom stereocenters. The van der Waals surface area contributed by atoms with Gasteiger partial charge in [0.25, 0.3) is 0 Å². The predicted molar refractivity (Wildman–Crippen MR) is 66.6 cm³/mol. The van der Waals surface area contributed by atoms with Gasteiger partial charge in [0.05, 0.1) is 19.8 Å². The minimum atomic E-state index is -1.19. The average molecular weight is 264 g/mol. The normalized spacial score (nSPS) is 19.3. The van der Waals surface area contributed by atoms with Crippen LogP contribution in [0.5, 0.6) is 0 Å². The molecule has 1 N–H and O–H groups in total. The summed E-state index contributed by atoms with van der Waals surface area (Å²) >= 11 is 0. The van der Waals surface area contributed by atoms with E-state index < -0.39 is 17.9 Å². The van der Waals surface area contributed by atoms with E-state index in [1.807, 2.05) is 24.3 Å². The van der Waals surface area contributed by atoms with Crippen LogP contribution < -0.4 is 0 Å². The number of methoxy groups -OCH3 is 1. The lowest BCUT2D eigenvalue weighted by Gasteiger charge is -2.27. The summed E-state index contributed by atoms with van der Waals surface area (Å²) < 4.78 is 10.1. The molecular formula is C14H16O5. The van der Waals surface area contributed by atoms with Crippen LogP contribution in [0.25, 0.3) is 0 Å². The first-order valence-corrected chi connectivity index (χ1v) is 6.13. The topological polar surface area (TPSA) is 72.8 Å². The van der Waals surface area contributed by atoms with Crippen molar-refractivity contribution >= 4 is 11.9 Å². The van der Waals surface area contributed by atoms with Crippen LogP contribution in [0, 0.1) is 5.92 Å². The molecule has 102 valence electrons. The van der Waals surface area contributed by atoms with Gasteiger partial charge in [0, 0.05) is 6.42 Å². The zero-order chi connectivity index (χ0) is 13.8. The highest BCUT2D eigenvalue weighted by Crippen LogP contribution is 2.32. The van der Waals surface area contributed by atoms with Crippen LogP contribution in [-0.4, -0.2) is 30.8 Å². The standard InChI is InChI=1S/C14H16O5/c1-18-14(17)11(13(15)16)8-12-10-5-3-2-4-9(10)6-7-19-12/h2-5,11-12H,6-8H2,1H3,(H,15,16). The third kappa shape index (κ3) is 2.93. The Morgan fingerprint density at radius 2 is 2.21 bits per heavy atom. The number of esters is 1. The van der Waals surface area contributed by atoms with Crippen LogP contribution in [0.4, 0.5) is 0 Å². The predicted octanol–water partition coefficient (Wildman–Crippen LogP) is 1.56. The molecule has 0 fully saturated rings. The van der Waals surface area contributed by atoms with Gasteiger partial charge in [-0.1, -0.05) is 24.3 Å². The first kappa shape index (κ1) is 13.5. The lowest BCUT2D eigenvalue weighted by atomic mass is 9.91. The van der Waals surface area contributed by atoms with Crippen LogP contribution in [0.1, 0.15) is 23.7 Å². The average Bonchev–Trinajstić information content (AvgIpc) is 2.43. The fourth-order valence-electron chi connectivity index (χ4n) is 2.33. The Morgan fingerprint density at radius 3 is 2.89 bits per heavy atom. The third-order valence-electron chi connectivity index (χ3n) is 3.33. The van der Waals surface area contributed by atoms with E-state index in [0.29, 0.717) is 6.61 Å². The van der Waals surface area contributed by atoms with Crippen molar-refractivity contribution in [2.75, 3.05) is 13.7 Å². The maximum Gasteiger partial charge on any atom is 0.320 e. The molecule has 1 aliphatic rings. The van der Waals surface area contributed by atoms with Crippen molar-refractivity contribution in [2.45, 2.75) is 18.9 Å². The summed E-state index contributed by atoms with van der Waals surface area (Å²) in [6.07, 6.45) is 0.534. The van der Waals surface area contributed by atoms with Gasteiger partial charge in [0.15, 0.2) is 5.92 Å². The molecule has 0 saturated carbocycles. The van der Waals surface area contributed by atoms with Crippen molar-refractivity contribution in [1.82, 2.24) is 0 Å². The number of fused-ring (bicyclic) bond motifs is 1. The zero-order valence-corrected chi connectivity index (χ0v) is 10.7. The summed E-state index contributed by atoms with van der Waals surface area (Å²) in [6, 6.07) is 7.73. The molecule has 5 heteroatoms. The van der Waals surface area contributed by atoms with Gasteiger partial charge in [-0.15, -0.1) is 0 Å². The lowest BCUT2D eigenvalue weighted by molar-refractivity contribution is -0.159. The number of aliphatic carboxylic acids is 1. The summed E-state index contributed by atoms with van der Waals surface area (Å²) in [4.78, 5) is 22.6. The van der Waals surface area contributed by atoms with E-state index in [0.717, 1.165) is 17.5 Å². The highest BCUT2D eigenvalue weighted by Gasteiger charge is 2.33. The maximum absolute atomic E-state index is 11.5. The Balaban J connectivity index is 2.19. The van der Waals surface area contributed by atoms with Crippen molar-refractivity contribution < 1.29 is 24.2 Å². The Morgan fingerprint density at radius 1 is 1.47 bits per heavy atom. The molecule has 1 aromatic carbocycles. The number of benzene rings is 1. The minimum Gasteiger partial charge on any atom is -0.481 e. The molecule has 0 saturated heterocycles. The van der Waals surface area contributed by atoms with Crippen molar-refractivity contribution in [3.63, 3.8) is 0 Å². The summed E-state index contributed by atoms with van der Waals surface area (Å²) in [5.41, 5.74) is 2.11. The minimum absolute atomic E-state index is 0.0963. The largest absolute Gasteiger partial charge is 0.481 e. The monoisotopic (exact) mass is 264 g/mol. The fourth-order valence-corrected chi connectivity index (χ4v) is 2.33. The molecule has 0 spiro atoms. The molecule has 1 aliphatic heterocycles. The van der Waals surface area contributed by atoms with Gasteiger partial charge in [0.2, 0.25) is 0 Å². The van der Waals surface area contributed by atoms with Gasteiger partial charge >= 0.3 is 11.9 Å². The molecule has 0 amide bonds. The number of carboxylic acids is 1. The highest BCUT2D eigenvalue weighted by molar-refractivity contribution is 5.93. The quantitative estimate of drug-likeness (QED) is 0.660. The molecule has 2 rings (SSSR count). The summed E-state index contributed by atoms with van der Waals surface area (Å²) in [5, 5.41) is 9.10. The van der Waals surface area contributed by atoms with E-state index in [2.05, 4.69) is 4.74 Å². The van der Waals surface area contributed by atoms with Crippen LogP contribution in [0.2, 0.25) is 0 Å². The number of carbonyl (C=O) groups is 2. The zero-order valence-electron chi connectivity index (χ0n) is 10.7. The van der Waals surface area contributed by atoms with E-state index in [1.54, 1.807) is 0 Å². The molecule has 1 aromatic rings. The number of rotatable bonds is 4. The van der Waals surface area contributed by atoms with Gasteiger partial charge in [-0.05, 0) is 17.5 Å². The Kier molecular flexibility index (Phi) is 4.16. The molecule has 1 heterocycles. The lowest BCUT2D eigenvalue weighted by Crippen LogP contribution is -2.29. The second-order valence-corrected chi connectivity index (χ2v) is 4.46. The smallest absolute Gasteiger partial charge is 0.320 e. The maximum atomic E-state index is 11.5. The van der Waals surface area contributed by atoms with Crippen LogP contribution >= 0.6 is 0 Å². The van der Waals surface area contributed by atoms with Crippen molar-refractivity contribution in [3.8, 4) is 0 Å². The van der Waals surface area contributed by atoms with E-state index >= 15 is 0 Å². The second-order valence-electron chi connectivity index (χ2n) is 4.46. The first-order valence-electron chi connectivity index (χ1n) is 6.13. The van der Waals surface area contributed by atoms with Crippen LogP contribution in [-0.2, 0) is 25.5 Å². The Hall–Kier alpha value is -1.88. The van der Waals surface area contributed by atoms with Gasteiger partial charge in [-0.25, -0.2) is 0 Å². The van der Waals surface area contributed by atoms with Gasteiger partial charge < -0.3 is 14.6 Å². The molecule has 19 heavy (non-hydrogen) atoms. The van der Waals surface area contributed by atoms with Crippen molar-refractivity contribution in [2.24, 2.45) is 5.92 Å². The van der Waals surface area contributed by atoms with E-state index in [1.165, 1.54) is 7.11 Å². The summed E-state index contributed by atoms with van der Waals surface area (Å²) in [7, 11) is 1.19. The molecule has 0 bridgehead atoms. The van der Waals surface area contributed by atoms with Crippen molar-refractivity contribution in [1.29, 1.82) is 0 Å². The molecule has 0 radical (unpaired) electrons. The number of carbonyl (C=O) groups excluding carboxylic acids is 1. The van der Waals surface area contributed by atoms with Crippen molar-refractivity contribution in [3.05, 3.63) is 35.4 Å². The van der Waals surface area contributed by atoms with Crippen LogP contribution in [0.3, 0.4) is 0 Å². The van der Waals surface area contributed by atoms with Gasteiger partial charge in [0.1, 0.15) is 0 Å². The van der Waals surface area contributed by atoms with E-state index in [9.17, 15) is 9.59 Å². The molecule has 5 nitrogen and oxygen atoms in total. The van der Waals surface area contributed by atoms with Gasteiger partial charge in [-0.3, -0.25) is 9.59 Å². The molecule has 0 aromatic heterocycles. The SMILES string of the molecule is COC(=O)C(CC1OCCc2ccccc21)C(=O)O. The number of hydrogen-bond donors (Lipinski definition) is 1. The third-order valence-corrected chi connectivity index (χ3v) is 3.33. The fraction of sp³-hybridized carbons (Fsp3) is 0.429. The Labute approximate surface area is 111 Å². The number of carboxylic acid groups (broad SMARTS) is 1. The molecular weight excluding hydrogens is 248 g/mol. The highest BCUT2D eigenvalue weighted by atomic mass is 16.5. The Bertz CT molecular complexity index is 482.